The smallest absolute Gasteiger partial charge is 0.248 e. The molecular formula is C18H13ClN2O. The van der Waals surface area contributed by atoms with Crippen molar-refractivity contribution in [1.29, 1.82) is 0 Å². The van der Waals surface area contributed by atoms with E-state index in [9.17, 15) is 4.79 Å². The number of nitrogens with one attached hydrogen (secondary N) is 1. The molecule has 0 saturated carbocycles. The number of halogens is 1. The second-order valence-corrected chi connectivity index (χ2v) is 5.19. The molecule has 2 aromatic carbocycles. The summed E-state index contributed by atoms with van der Waals surface area (Å²) in [6.07, 6.45) is 4.94. The van der Waals surface area contributed by atoms with E-state index in [0.29, 0.717) is 10.7 Å². The minimum Gasteiger partial charge on any atom is -0.321 e. The van der Waals surface area contributed by atoms with Crippen molar-refractivity contribution in [3.05, 3.63) is 77.5 Å². The zero-order valence-corrected chi connectivity index (χ0v) is 12.4. The number of hydrogen-bond acceptors (Lipinski definition) is 2. The highest BCUT2D eigenvalue weighted by atomic mass is 35.5. The largest absolute Gasteiger partial charge is 0.321 e. The van der Waals surface area contributed by atoms with Crippen LogP contribution >= 0.6 is 11.6 Å². The van der Waals surface area contributed by atoms with Crippen molar-refractivity contribution in [1.82, 2.24) is 4.98 Å². The van der Waals surface area contributed by atoms with Crippen LogP contribution in [-0.4, -0.2) is 10.9 Å². The van der Waals surface area contributed by atoms with E-state index in [1.165, 1.54) is 6.08 Å². The van der Waals surface area contributed by atoms with Gasteiger partial charge in [-0.05, 0) is 35.9 Å². The van der Waals surface area contributed by atoms with Crippen molar-refractivity contribution in [2.75, 3.05) is 5.32 Å². The number of rotatable bonds is 3. The molecule has 0 unspecified atom stereocenters. The molecule has 0 bridgehead atoms. The fourth-order valence-electron chi connectivity index (χ4n) is 2.13. The van der Waals surface area contributed by atoms with Gasteiger partial charge in [-0.15, -0.1) is 0 Å². The van der Waals surface area contributed by atoms with Gasteiger partial charge >= 0.3 is 0 Å². The molecule has 1 aromatic heterocycles. The Kier molecular flexibility index (Phi) is 4.17. The first-order valence-corrected chi connectivity index (χ1v) is 7.18. The lowest BCUT2D eigenvalue weighted by atomic mass is 10.2. The molecule has 0 fully saturated rings. The number of benzene rings is 2. The van der Waals surface area contributed by atoms with E-state index in [1.54, 1.807) is 24.4 Å². The van der Waals surface area contributed by atoms with Crippen LogP contribution in [0.2, 0.25) is 5.02 Å². The molecule has 22 heavy (non-hydrogen) atoms. The molecule has 1 heterocycles. The Morgan fingerprint density at radius 1 is 1.05 bits per heavy atom. The minimum absolute atomic E-state index is 0.201. The molecule has 3 rings (SSSR count). The summed E-state index contributed by atoms with van der Waals surface area (Å²) in [4.78, 5) is 16.4. The third-order valence-corrected chi connectivity index (χ3v) is 3.44. The van der Waals surface area contributed by atoms with Gasteiger partial charge in [0.2, 0.25) is 5.91 Å². The average Bonchev–Trinajstić information content (AvgIpc) is 2.55. The molecule has 3 aromatic rings. The molecule has 1 amide bonds. The maximum absolute atomic E-state index is 12.0. The number of hydrogen-bond donors (Lipinski definition) is 1. The SMILES string of the molecule is O=C(/C=C/c1ccc(Cl)cc1)Nc1cccc2cccnc12. The average molecular weight is 309 g/mol. The number of carbonyl (C=O) groups is 1. The van der Waals surface area contributed by atoms with E-state index in [4.69, 9.17) is 11.6 Å². The van der Waals surface area contributed by atoms with Gasteiger partial charge in [0.1, 0.15) is 0 Å². The molecule has 0 saturated heterocycles. The lowest BCUT2D eigenvalue weighted by molar-refractivity contribution is -0.111. The highest BCUT2D eigenvalue weighted by molar-refractivity contribution is 6.30. The van der Waals surface area contributed by atoms with Crippen molar-refractivity contribution < 1.29 is 4.79 Å². The van der Waals surface area contributed by atoms with Gasteiger partial charge in [0, 0.05) is 22.7 Å². The predicted octanol–water partition coefficient (Wildman–Crippen LogP) is 4.54. The highest BCUT2D eigenvalue weighted by Gasteiger charge is 2.03. The van der Waals surface area contributed by atoms with Crippen LogP contribution in [0.5, 0.6) is 0 Å². The number of amides is 1. The lowest BCUT2D eigenvalue weighted by Crippen LogP contribution is -2.08. The van der Waals surface area contributed by atoms with Crippen LogP contribution in [0.25, 0.3) is 17.0 Å². The maximum Gasteiger partial charge on any atom is 0.248 e. The van der Waals surface area contributed by atoms with Crippen LogP contribution in [0.15, 0.2) is 66.9 Å². The molecule has 0 radical (unpaired) electrons. The number of pyridine rings is 1. The Bertz CT molecular complexity index is 836. The van der Waals surface area contributed by atoms with Gasteiger partial charge < -0.3 is 5.32 Å². The molecule has 0 aliphatic rings. The van der Waals surface area contributed by atoms with Gasteiger partial charge in [-0.2, -0.15) is 0 Å². The lowest BCUT2D eigenvalue weighted by Gasteiger charge is -2.05. The fraction of sp³-hybridized carbons (Fsp3) is 0. The summed E-state index contributed by atoms with van der Waals surface area (Å²) in [5, 5.41) is 4.51. The molecule has 0 aliphatic heterocycles. The standard InChI is InChI=1S/C18H13ClN2O/c19-15-9-6-13(7-10-15)8-11-17(22)21-16-5-1-3-14-4-2-12-20-18(14)16/h1-12H,(H,21,22)/b11-8+. The summed E-state index contributed by atoms with van der Waals surface area (Å²) >= 11 is 5.83. The van der Waals surface area contributed by atoms with E-state index in [1.807, 2.05) is 42.5 Å². The van der Waals surface area contributed by atoms with Crippen molar-refractivity contribution in [2.24, 2.45) is 0 Å². The van der Waals surface area contributed by atoms with Gasteiger partial charge in [-0.3, -0.25) is 9.78 Å². The summed E-state index contributed by atoms with van der Waals surface area (Å²) in [5.41, 5.74) is 2.39. The first-order chi connectivity index (χ1) is 10.7. The van der Waals surface area contributed by atoms with Crippen LogP contribution < -0.4 is 5.32 Å². The van der Waals surface area contributed by atoms with Gasteiger partial charge in [0.05, 0.1) is 11.2 Å². The first-order valence-electron chi connectivity index (χ1n) is 6.81. The Hall–Kier alpha value is -2.65. The summed E-state index contributed by atoms with van der Waals surface area (Å²) in [6, 6.07) is 16.8. The Balaban J connectivity index is 1.77. The van der Waals surface area contributed by atoms with Crippen LogP contribution in [0.4, 0.5) is 5.69 Å². The third-order valence-electron chi connectivity index (χ3n) is 3.19. The quantitative estimate of drug-likeness (QED) is 0.722. The van der Waals surface area contributed by atoms with Crippen LogP contribution in [0.3, 0.4) is 0 Å². The Labute approximate surface area is 133 Å². The fourth-order valence-corrected chi connectivity index (χ4v) is 2.25. The summed E-state index contributed by atoms with van der Waals surface area (Å²) in [7, 11) is 0. The summed E-state index contributed by atoms with van der Waals surface area (Å²) in [5.74, 6) is -0.201. The number of aromatic nitrogens is 1. The Morgan fingerprint density at radius 2 is 1.82 bits per heavy atom. The van der Waals surface area contributed by atoms with Crippen LogP contribution in [0, 0.1) is 0 Å². The molecule has 108 valence electrons. The van der Waals surface area contributed by atoms with Crippen molar-refractivity contribution in [3.8, 4) is 0 Å². The van der Waals surface area contributed by atoms with Crippen molar-refractivity contribution >= 4 is 40.2 Å². The Morgan fingerprint density at radius 3 is 2.64 bits per heavy atom. The van der Waals surface area contributed by atoms with Crippen LogP contribution in [0.1, 0.15) is 5.56 Å². The zero-order chi connectivity index (χ0) is 15.4. The number of carbonyl (C=O) groups excluding carboxylic acids is 1. The third kappa shape index (κ3) is 3.32. The molecule has 0 aliphatic carbocycles. The van der Waals surface area contributed by atoms with Gasteiger partial charge in [-0.25, -0.2) is 0 Å². The van der Waals surface area contributed by atoms with Gasteiger partial charge in [0.15, 0.2) is 0 Å². The van der Waals surface area contributed by atoms with E-state index >= 15 is 0 Å². The highest BCUT2D eigenvalue weighted by Crippen LogP contribution is 2.20. The number of para-hydroxylation sites is 1. The predicted molar refractivity (Wildman–Crippen MR) is 90.9 cm³/mol. The monoisotopic (exact) mass is 308 g/mol. The number of nitrogens with zero attached hydrogens (tertiary/aromatic N) is 1. The topological polar surface area (TPSA) is 42.0 Å². The second-order valence-electron chi connectivity index (χ2n) is 4.75. The summed E-state index contributed by atoms with van der Waals surface area (Å²) < 4.78 is 0. The van der Waals surface area contributed by atoms with E-state index in [2.05, 4.69) is 10.3 Å². The maximum atomic E-state index is 12.0. The van der Waals surface area contributed by atoms with E-state index in [-0.39, 0.29) is 5.91 Å². The van der Waals surface area contributed by atoms with Gasteiger partial charge in [-0.1, -0.05) is 41.9 Å². The molecule has 0 spiro atoms. The van der Waals surface area contributed by atoms with E-state index in [0.717, 1.165) is 16.5 Å². The van der Waals surface area contributed by atoms with Crippen molar-refractivity contribution in [3.63, 3.8) is 0 Å². The normalized spacial score (nSPS) is 11.0. The minimum atomic E-state index is -0.201. The molecule has 1 N–H and O–H groups in total. The number of anilines is 1. The zero-order valence-electron chi connectivity index (χ0n) is 11.7. The molecule has 3 nitrogen and oxygen atoms in total. The summed E-state index contributed by atoms with van der Waals surface area (Å²) in [6.45, 7) is 0. The molecular weight excluding hydrogens is 296 g/mol. The second kappa shape index (κ2) is 6.41. The number of fused-ring (bicyclic) bond motifs is 1. The van der Waals surface area contributed by atoms with E-state index < -0.39 is 0 Å². The molecule has 4 heteroatoms. The van der Waals surface area contributed by atoms with Crippen molar-refractivity contribution in [2.45, 2.75) is 0 Å². The molecule has 0 atom stereocenters. The first kappa shape index (κ1) is 14.3. The van der Waals surface area contributed by atoms with Gasteiger partial charge in [0.25, 0.3) is 0 Å². The van der Waals surface area contributed by atoms with Crippen LogP contribution in [-0.2, 0) is 4.79 Å².